The summed E-state index contributed by atoms with van der Waals surface area (Å²) in [6, 6.07) is 6.21. The standard InChI is InChI=1S/C18H15F3N4O3/c1-8-7-9(3-5-11(8)22)25-15-10(4-6-12(24-15)18(19,20)21)14(23)13(16(25)26)17(27)28-2/h3-7H,22-23H2,1-2H3. The second-order valence-corrected chi connectivity index (χ2v) is 6.03. The van der Waals surface area contributed by atoms with Crippen LogP contribution in [0, 0.1) is 6.92 Å². The van der Waals surface area contributed by atoms with Gasteiger partial charge in [0.2, 0.25) is 0 Å². The molecule has 1 aromatic carbocycles. The van der Waals surface area contributed by atoms with Gasteiger partial charge in [-0.3, -0.25) is 9.36 Å². The minimum absolute atomic E-state index is 0.00229. The number of carbonyl (C=O) groups excluding carboxylic acids is 1. The Morgan fingerprint density at radius 2 is 1.86 bits per heavy atom. The lowest BCUT2D eigenvalue weighted by Crippen LogP contribution is -2.29. The van der Waals surface area contributed by atoms with Gasteiger partial charge in [-0.2, -0.15) is 13.2 Å². The van der Waals surface area contributed by atoms with E-state index < -0.39 is 29.0 Å². The monoisotopic (exact) mass is 392 g/mol. The molecule has 0 aliphatic heterocycles. The van der Waals surface area contributed by atoms with Crippen molar-refractivity contribution in [2.75, 3.05) is 18.6 Å². The summed E-state index contributed by atoms with van der Waals surface area (Å²) in [6.45, 7) is 1.67. The molecular formula is C18H15F3N4O3. The molecular weight excluding hydrogens is 377 g/mol. The van der Waals surface area contributed by atoms with Crippen LogP contribution in [0.2, 0.25) is 0 Å². The zero-order valence-corrected chi connectivity index (χ0v) is 14.8. The minimum Gasteiger partial charge on any atom is -0.465 e. The Morgan fingerprint density at radius 1 is 1.18 bits per heavy atom. The van der Waals surface area contributed by atoms with Crippen molar-refractivity contribution >= 4 is 28.4 Å². The molecule has 10 heteroatoms. The van der Waals surface area contributed by atoms with Crippen molar-refractivity contribution in [3.05, 3.63) is 57.5 Å². The molecule has 4 N–H and O–H groups in total. The highest BCUT2D eigenvalue weighted by molar-refractivity contribution is 6.03. The second kappa shape index (κ2) is 6.55. The molecule has 0 aliphatic rings. The normalized spacial score (nSPS) is 11.6. The predicted molar refractivity (Wildman–Crippen MR) is 97.2 cm³/mol. The first-order chi connectivity index (χ1) is 13.1. The summed E-state index contributed by atoms with van der Waals surface area (Å²) >= 11 is 0. The molecule has 3 aromatic rings. The number of nitrogens with two attached hydrogens (primary N) is 2. The van der Waals surface area contributed by atoms with Crippen LogP contribution in [0.15, 0.2) is 35.1 Å². The summed E-state index contributed by atoms with van der Waals surface area (Å²) in [5.41, 5.74) is 9.57. The van der Waals surface area contributed by atoms with Crippen LogP contribution < -0.4 is 17.0 Å². The van der Waals surface area contributed by atoms with E-state index in [9.17, 15) is 22.8 Å². The van der Waals surface area contributed by atoms with Crippen molar-refractivity contribution in [1.82, 2.24) is 9.55 Å². The number of esters is 1. The van der Waals surface area contributed by atoms with Gasteiger partial charge in [-0.15, -0.1) is 0 Å². The van der Waals surface area contributed by atoms with Gasteiger partial charge in [-0.1, -0.05) is 0 Å². The van der Waals surface area contributed by atoms with E-state index >= 15 is 0 Å². The molecule has 7 nitrogen and oxygen atoms in total. The van der Waals surface area contributed by atoms with Gasteiger partial charge in [0.15, 0.2) is 0 Å². The largest absolute Gasteiger partial charge is 0.465 e. The van der Waals surface area contributed by atoms with Crippen molar-refractivity contribution in [1.29, 1.82) is 0 Å². The van der Waals surface area contributed by atoms with Crippen LogP contribution in [0.1, 0.15) is 21.6 Å². The molecule has 2 heterocycles. The number of hydrogen-bond acceptors (Lipinski definition) is 6. The Kier molecular flexibility index (Phi) is 4.50. The first kappa shape index (κ1) is 19.2. The summed E-state index contributed by atoms with van der Waals surface area (Å²) in [6.07, 6.45) is -4.73. The van der Waals surface area contributed by atoms with Gasteiger partial charge in [-0.25, -0.2) is 9.78 Å². The first-order valence-electron chi connectivity index (χ1n) is 7.93. The number of fused-ring (bicyclic) bond motifs is 1. The quantitative estimate of drug-likeness (QED) is 0.512. The van der Waals surface area contributed by atoms with Crippen LogP contribution in [-0.4, -0.2) is 22.6 Å². The number of aromatic nitrogens is 2. The fourth-order valence-corrected chi connectivity index (χ4v) is 2.78. The van der Waals surface area contributed by atoms with Crippen LogP contribution >= 0.6 is 0 Å². The van der Waals surface area contributed by atoms with Crippen LogP contribution in [0.3, 0.4) is 0 Å². The van der Waals surface area contributed by atoms with E-state index in [4.69, 9.17) is 11.5 Å². The van der Waals surface area contributed by atoms with E-state index in [-0.39, 0.29) is 22.4 Å². The van der Waals surface area contributed by atoms with E-state index in [0.29, 0.717) is 11.3 Å². The van der Waals surface area contributed by atoms with Crippen molar-refractivity contribution < 1.29 is 22.7 Å². The summed E-state index contributed by atoms with van der Waals surface area (Å²) in [7, 11) is 1.06. The third-order valence-corrected chi connectivity index (χ3v) is 4.25. The number of hydrogen-bond donors (Lipinski definition) is 2. The lowest BCUT2D eigenvalue weighted by molar-refractivity contribution is -0.141. The average Bonchev–Trinajstić information content (AvgIpc) is 2.63. The third kappa shape index (κ3) is 3.02. The van der Waals surface area contributed by atoms with E-state index in [1.165, 1.54) is 18.2 Å². The van der Waals surface area contributed by atoms with E-state index in [0.717, 1.165) is 23.8 Å². The smallest absolute Gasteiger partial charge is 0.433 e. The van der Waals surface area contributed by atoms with Crippen molar-refractivity contribution in [2.24, 2.45) is 0 Å². The lowest BCUT2D eigenvalue weighted by atomic mass is 10.1. The molecule has 0 atom stereocenters. The van der Waals surface area contributed by atoms with Crippen molar-refractivity contribution in [3.63, 3.8) is 0 Å². The summed E-state index contributed by atoms with van der Waals surface area (Å²) in [4.78, 5) is 28.7. The van der Waals surface area contributed by atoms with E-state index in [1.54, 1.807) is 6.92 Å². The Labute approximate surface area is 156 Å². The van der Waals surface area contributed by atoms with Gasteiger partial charge in [0.25, 0.3) is 5.56 Å². The molecule has 0 radical (unpaired) electrons. The molecule has 0 bridgehead atoms. The lowest BCUT2D eigenvalue weighted by Gasteiger charge is -2.16. The number of alkyl halides is 3. The van der Waals surface area contributed by atoms with Gasteiger partial charge in [-0.05, 0) is 42.8 Å². The maximum absolute atomic E-state index is 13.2. The molecule has 0 fully saturated rings. The number of nitrogens with zero attached hydrogens (tertiary/aromatic N) is 2. The number of halogens is 3. The topological polar surface area (TPSA) is 113 Å². The van der Waals surface area contributed by atoms with E-state index in [1.807, 2.05) is 0 Å². The molecule has 0 spiro atoms. The summed E-state index contributed by atoms with van der Waals surface area (Å²) in [5, 5.41) is 0.00229. The third-order valence-electron chi connectivity index (χ3n) is 4.25. The Hall–Kier alpha value is -3.56. The summed E-state index contributed by atoms with van der Waals surface area (Å²) < 4.78 is 45.0. The molecule has 0 unspecified atom stereocenters. The minimum atomic E-state index is -4.73. The first-order valence-corrected chi connectivity index (χ1v) is 7.93. The number of ether oxygens (including phenoxy) is 1. The molecule has 0 saturated carbocycles. The number of benzene rings is 1. The van der Waals surface area contributed by atoms with Crippen LogP contribution in [-0.2, 0) is 10.9 Å². The molecule has 2 aromatic heterocycles. The van der Waals surface area contributed by atoms with Gasteiger partial charge in [0, 0.05) is 11.1 Å². The highest BCUT2D eigenvalue weighted by atomic mass is 19.4. The number of pyridine rings is 2. The highest BCUT2D eigenvalue weighted by Gasteiger charge is 2.33. The SMILES string of the molecule is COC(=O)c1c(N)c2ccc(C(F)(F)F)nc2n(-c2ccc(N)c(C)c2)c1=O. The number of aryl methyl sites for hydroxylation is 1. The van der Waals surface area contributed by atoms with E-state index in [2.05, 4.69) is 9.72 Å². The van der Waals surface area contributed by atoms with Crippen LogP contribution in [0.5, 0.6) is 0 Å². The van der Waals surface area contributed by atoms with Crippen LogP contribution in [0.4, 0.5) is 24.5 Å². The zero-order chi connectivity index (χ0) is 20.8. The predicted octanol–water partition coefficient (Wildman–Crippen LogP) is 2.66. The molecule has 0 saturated heterocycles. The second-order valence-electron chi connectivity index (χ2n) is 6.03. The van der Waals surface area contributed by atoms with Gasteiger partial charge < -0.3 is 16.2 Å². The van der Waals surface area contributed by atoms with Gasteiger partial charge in [0.1, 0.15) is 16.9 Å². The number of rotatable bonds is 2. The number of nitrogen functional groups attached to an aromatic ring is 2. The average molecular weight is 392 g/mol. The Bertz CT molecular complexity index is 1170. The zero-order valence-electron chi connectivity index (χ0n) is 14.8. The van der Waals surface area contributed by atoms with Gasteiger partial charge in [0.05, 0.1) is 18.5 Å². The van der Waals surface area contributed by atoms with Crippen molar-refractivity contribution in [3.8, 4) is 5.69 Å². The summed E-state index contributed by atoms with van der Waals surface area (Å²) in [5.74, 6) is -1.01. The maximum Gasteiger partial charge on any atom is 0.433 e. The van der Waals surface area contributed by atoms with Gasteiger partial charge >= 0.3 is 12.1 Å². The Morgan fingerprint density at radius 3 is 2.43 bits per heavy atom. The molecule has 146 valence electrons. The molecule has 3 rings (SSSR count). The number of anilines is 2. The number of methoxy groups -OCH3 is 1. The highest BCUT2D eigenvalue weighted by Crippen LogP contribution is 2.31. The van der Waals surface area contributed by atoms with Crippen LogP contribution in [0.25, 0.3) is 16.7 Å². The fourth-order valence-electron chi connectivity index (χ4n) is 2.78. The Balaban J connectivity index is 2.52. The fraction of sp³-hybridized carbons (Fsp3) is 0.167. The molecule has 28 heavy (non-hydrogen) atoms. The maximum atomic E-state index is 13.2. The van der Waals surface area contributed by atoms with Crippen molar-refractivity contribution in [2.45, 2.75) is 13.1 Å². The molecule has 0 aliphatic carbocycles. The molecule has 0 amide bonds. The number of carbonyl (C=O) groups is 1.